The zero-order chi connectivity index (χ0) is 8.43. The Labute approximate surface area is 65.3 Å². The molecule has 1 saturated heterocycles. The van der Waals surface area contributed by atoms with Gasteiger partial charge in [-0.15, -0.1) is 0 Å². The molecule has 0 unspecified atom stereocenters. The summed E-state index contributed by atoms with van der Waals surface area (Å²) in [5.74, 6) is -0.881. The zero-order valence-corrected chi connectivity index (χ0v) is 6.49. The van der Waals surface area contributed by atoms with Crippen LogP contribution in [0.2, 0.25) is 0 Å². The van der Waals surface area contributed by atoms with Crippen LogP contribution in [0, 0.1) is 0 Å². The first kappa shape index (κ1) is 8.49. The molecular weight excluding hydrogens is 146 g/mol. The van der Waals surface area contributed by atoms with Crippen molar-refractivity contribution in [3.8, 4) is 0 Å². The van der Waals surface area contributed by atoms with Crippen molar-refractivity contribution in [2.75, 3.05) is 0 Å². The van der Waals surface area contributed by atoms with E-state index < -0.39 is 12.1 Å². The van der Waals surface area contributed by atoms with Crippen LogP contribution in [0.15, 0.2) is 0 Å². The number of hydrogen-bond acceptors (Lipinski definition) is 3. The van der Waals surface area contributed by atoms with Crippen molar-refractivity contribution in [1.82, 2.24) is 0 Å². The summed E-state index contributed by atoms with van der Waals surface area (Å²) < 4.78 is 5.16. The highest BCUT2D eigenvalue weighted by atomic mass is 16.5. The largest absolute Gasteiger partial charge is 0.479 e. The molecule has 0 bridgehead atoms. The Hall–Kier alpha value is -0.610. The number of ether oxygens (including phenoxy) is 1. The number of carboxylic acids is 1. The monoisotopic (exact) mass is 159 g/mol. The first-order valence-electron chi connectivity index (χ1n) is 3.75. The molecule has 11 heavy (non-hydrogen) atoms. The lowest BCUT2D eigenvalue weighted by Crippen LogP contribution is -2.32. The van der Waals surface area contributed by atoms with E-state index in [0.29, 0.717) is 6.42 Å². The van der Waals surface area contributed by atoms with E-state index in [0.717, 1.165) is 6.42 Å². The van der Waals surface area contributed by atoms with Gasteiger partial charge in [0, 0.05) is 6.04 Å². The molecule has 1 rings (SSSR count). The normalized spacial score (nSPS) is 33.6. The molecule has 0 saturated carbocycles. The number of carboxylic acid groups (broad SMARTS) is 1. The van der Waals surface area contributed by atoms with E-state index in [1.165, 1.54) is 0 Å². The van der Waals surface area contributed by atoms with Crippen LogP contribution >= 0.6 is 0 Å². The maximum atomic E-state index is 10.4. The van der Waals surface area contributed by atoms with Crippen molar-refractivity contribution in [1.29, 1.82) is 0 Å². The second-order valence-corrected chi connectivity index (χ2v) is 2.94. The summed E-state index contributed by atoms with van der Waals surface area (Å²) in [5, 5.41) is 8.55. The quantitative estimate of drug-likeness (QED) is 0.593. The van der Waals surface area contributed by atoms with Crippen LogP contribution in [0.4, 0.5) is 0 Å². The van der Waals surface area contributed by atoms with E-state index in [1.807, 2.05) is 6.92 Å². The van der Waals surface area contributed by atoms with Crippen LogP contribution in [0.3, 0.4) is 0 Å². The van der Waals surface area contributed by atoms with Crippen molar-refractivity contribution in [3.63, 3.8) is 0 Å². The van der Waals surface area contributed by atoms with Gasteiger partial charge in [0.15, 0.2) is 6.10 Å². The fraction of sp³-hybridized carbons (Fsp3) is 0.857. The average molecular weight is 159 g/mol. The molecule has 1 aliphatic rings. The molecule has 0 amide bonds. The van der Waals surface area contributed by atoms with Crippen LogP contribution in [-0.4, -0.2) is 29.3 Å². The summed E-state index contributed by atoms with van der Waals surface area (Å²) in [7, 11) is 0. The molecule has 1 heterocycles. The molecule has 3 N–H and O–H groups in total. The van der Waals surface area contributed by atoms with Crippen LogP contribution < -0.4 is 5.73 Å². The number of rotatable bonds is 2. The molecule has 1 fully saturated rings. The second kappa shape index (κ2) is 3.19. The fourth-order valence-electron chi connectivity index (χ4n) is 1.23. The van der Waals surface area contributed by atoms with Crippen molar-refractivity contribution >= 4 is 5.97 Å². The molecule has 3 atom stereocenters. The van der Waals surface area contributed by atoms with Crippen molar-refractivity contribution in [2.24, 2.45) is 5.73 Å². The summed E-state index contributed by atoms with van der Waals surface area (Å²) >= 11 is 0. The summed E-state index contributed by atoms with van der Waals surface area (Å²) in [6.07, 6.45) is 0.637. The first-order chi connectivity index (χ1) is 5.11. The van der Waals surface area contributed by atoms with Gasteiger partial charge >= 0.3 is 5.97 Å². The van der Waals surface area contributed by atoms with Crippen LogP contribution in [0.1, 0.15) is 19.8 Å². The Balaban J connectivity index is 2.41. The van der Waals surface area contributed by atoms with Crippen molar-refractivity contribution < 1.29 is 14.6 Å². The number of aliphatic carboxylic acids is 1. The van der Waals surface area contributed by atoms with Gasteiger partial charge in [-0.2, -0.15) is 0 Å². The van der Waals surface area contributed by atoms with E-state index in [2.05, 4.69) is 0 Å². The van der Waals surface area contributed by atoms with Gasteiger partial charge in [-0.05, 0) is 19.8 Å². The van der Waals surface area contributed by atoms with Crippen molar-refractivity contribution in [3.05, 3.63) is 0 Å². The Morgan fingerprint density at radius 1 is 1.73 bits per heavy atom. The Bertz CT molecular complexity index is 158. The third-order valence-electron chi connectivity index (χ3n) is 1.91. The van der Waals surface area contributed by atoms with Gasteiger partial charge < -0.3 is 15.6 Å². The highest BCUT2D eigenvalue weighted by molar-refractivity contribution is 5.72. The minimum Gasteiger partial charge on any atom is -0.479 e. The van der Waals surface area contributed by atoms with Crippen LogP contribution in [0.25, 0.3) is 0 Å². The molecule has 0 aromatic carbocycles. The molecule has 64 valence electrons. The molecule has 4 nitrogen and oxygen atoms in total. The molecule has 0 radical (unpaired) electrons. The van der Waals surface area contributed by atoms with Gasteiger partial charge in [0.05, 0.1) is 6.10 Å². The predicted octanol–water partition coefficient (Wildman–Crippen LogP) is -0.0342. The molecule has 0 spiro atoms. The van der Waals surface area contributed by atoms with E-state index in [-0.39, 0.29) is 12.1 Å². The lowest BCUT2D eigenvalue weighted by Gasteiger charge is -2.13. The van der Waals surface area contributed by atoms with E-state index >= 15 is 0 Å². The lowest BCUT2D eigenvalue weighted by atomic mass is 10.1. The van der Waals surface area contributed by atoms with Gasteiger partial charge in [0.25, 0.3) is 0 Å². The smallest absolute Gasteiger partial charge is 0.332 e. The summed E-state index contributed by atoms with van der Waals surface area (Å²) in [6.45, 7) is 1.83. The first-order valence-corrected chi connectivity index (χ1v) is 3.75. The average Bonchev–Trinajstić information content (AvgIpc) is 2.33. The highest BCUT2D eigenvalue weighted by Gasteiger charge is 2.31. The summed E-state index contributed by atoms with van der Waals surface area (Å²) in [5.41, 5.74) is 5.54. The zero-order valence-electron chi connectivity index (χ0n) is 6.49. The van der Waals surface area contributed by atoms with E-state index in [9.17, 15) is 4.79 Å². The molecule has 4 heteroatoms. The number of nitrogens with two attached hydrogens (primary N) is 1. The minimum atomic E-state index is -0.881. The fourth-order valence-corrected chi connectivity index (χ4v) is 1.23. The lowest BCUT2D eigenvalue weighted by molar-refractivity contribution is -0.149. The molecular formula is C7H13NO3. The van der Waals surface area contributed by atoms with Gasteiger partial charge in [-0.1, -0.05) is 0 Å². The highest BCUT2D eigenvalue weighted by Crippen LogP contribution is 2.21. The molecule has 0 aliphatic carbocycles. The SMILES string of the molecule is C[C@H](N)[C@@H]1CC[C@@H](C(=O)O)O1. The Morgan fingerprint density at radius 3 is 2.64 bits per heavy atom. The third kappa shape index (κ3) is 1.91. The number of carbonyl (C=O) groups is 1. The maximum absolute atomic E-state index is 10.4. The Morgan fingerprint density at radius 2 is 2.36 bits per heavy atom. The summed E-state index contributed by atoms with van der Waals surface area (Å²) in [4.78, 5) is 10.4. The van der Waals surface area contributed by atoms with Gasteiger partial charge in [-0.3, -0.25) is 0 Å². The van der Waals surface area contributed by atoms with Gasteiger partial charge in [-0.25, -0.2) is 4.79 Å². The molecule has 1 aliphatic heterocycles. The topological polar surface area (TPSA) is 72.6 Å². The van der Waals surface area contributed by atoms with Gasteiger partial charge in [0.2, 0.25) is 0 Å². The predicted molar refractivity (Wildman–Crippen MR) is 39.2 cm³/mol. The Kier molecular flexibility index (Phi) is 2.46. The summed E-state index contributed by atoms with van der Waals surface area (Å²) in [6, 6.07) is -0.0700. The van der Waals surface area contributed by atoms with Crippen LogP contribution in [-0.2, 0) is 9.53 Å². The molecule has 0 aromatic rings. The third-order valence-corrected chi connectivity index (χ3v) is 1.91. The molecule has 0 aromatic heterocycles. The van der Waals surface area contributed by atoms with Crippen molar-refractivity contribution in [2.45, 2.75) is 38.0 Å². The maximum Gasteiger partial charge on any atom is 0.332 e. The van der Waals surface area contributed by atoms with E-state index in [1.54, 1.807) is 0 Å². The standard InChI is InChI=1S/C7H13NO3/c1-4(8)5-2-3-6(11-5)7(9)10/h4-6H,2-3,8H2,1H3,(H,9,10)/t4-,5-,6-/m0/s1. The minimum absolute atomic E-state index is 0.0700. The number of hydrogen-bond donors (Lipinski definition) is 2. The van der Waals surface area contributed by atoms with Crippen LogP contribution in [0.5, 0.6) is 0 Å². The second-order valence-electron chi connectivity index (χ2n) is 2.94. The van der Waals surface area contributed by atoms with E-state index in [4.69, 9.17) is 15.6 Å². The van der Waals surface area contributed by atoms with Gasteiger partial charge in [0.1, 0.15) is 0 Å².